The normalized spacial score (nSPS) is 0.800. The van der Waals surface area contributed by atoms with Gasteiger partial charge in [-0.25, -0.2) is 0 Å². The first-order valence-electron chi connectivity index (χ1n) is 0.204. The Morgan fingerprint density at radius 2 is 1.00 bits per heavy atom. The Bertz CT molecular complexity index is 9.61. The van der Waals surface area contributed by atoms with Crippen molar-refractivity contribution < 1.29 is 38.7 Å². The molecule has 0 aromatic rings. The molecule has 5 heteroatoms. The molecule has 0 aromatic carbocycles. The van der Waals surface area contributed by atoms with E-state index in [9.17, 15) is 0 Å². The van der Waals surface area contributed by atoms with Crippen molar-refractivity contribution in [3.05, 3.63) is 0 Å². The molecule has 0 saturated carbocycles. The molecule has 0 spiro atoms. The molecular weight excluding hydrogens is 166 g/mol. The predicted octanol–water partition coefficient (Wildman–Crippen LogP) is -0.179. The van der Waals surface area contributed by atoms with Gasteiger partial charge in [-0.3, -0.25) is 4.57 Å². The van der Waals surface area contributed by atoms with Crippen molar-refractivity contribution in [3.63, 3.8) is 0 Å². The van der Waals surface area contributed by atoms with E-state index in [4.69, 9.17) is 4.57 Å². The Kier molecular flexibility index (Phi) is 253. The van der Waals surface area contributed by atoms with E-state index in [1.165, 1.54) is 0 Å². The number of hydrogen-bond acceptors (Lipinski definition) is 1. The minimum atomic E-state index is 0. The van der Waals surface area contributed by atoms with Gasteiger partial charge in [-0.2, -0.15) is 0 Å². The molecule has 0 N–H and O–H groups in total. The van der Waals surface area contributed by atoms with Crippen LogP contribution in [-0.2, 0) is 38.7 Å². The van der Waals surface area contributed by atoms with Gasteiger partial charge in [0.1, 0.15) is 9.12 Å². The van der Waals surface area contributed by atoms with Gasteiger partial charge in [0.05, 0.1) is 0 Å². The summed E-state index contributed by atoms with van der Waals surface area (Å²) >= 11 is 0. The molecule has 0 radical (unpaired) electrons. The third-order valence-electron chi connectivity index (χ3n) is 0. The summed E-state index contributed by atoms with van der Waals surface area (Å²) in [5.74, 6) is 0. The van der Waals surface area contributed by atoms with Crippen LogP contribution in [0.1, 0.15) is 0 Å². The molecule has 0 fully saturated rings. The second-order valence-electron chi connectivity index (χ2n) is 0. The molecule has 0 aliphatic carbocycles. The summed E-state index contributed by atoms with van der Waals surface area (Å²) in [6.07, 6.45) is 0. The molecule has 0 bridgehead atoms. The summed E-state index contributed by atoms with van der Waals surface area (Å²) in [6, 6.07) is 0. The standard InChI is InChI=1S/2Fe.Li.HOP.H/c;;;1-2;/h;;;2H;. The van der Waals surface area contributed by atoms with Gasteiger partial charge < -0.3 is 0 Å². The van der Waals surface area contributed by atoms with Crippen LogP contribution in [0.3, 0.4) is 0 Å². The van der Waals surface area contributed by atoms with Crippen LogP contribution in [0.5, 0.6) is 0 Å². The van der Waals surface area contributed by atoms with E-state index in [-0.39, 0.29) is 53.0 Å². The summed E-state index contributed by atoms with van der Waals surface area (Å²) in [4.78, 5) is 0. The second kappa shape index (κ2) is 42.7. The van der Waals surface area contributed by atoms with Crippen LogP contribution in [-0.4, -0.2) is 18.9 Å². The molecule has 0 saturated heterocycles. The average molecular weight is 168 g/mol. The van der Waals surface area contributed by atoms with Gasteiger partial charge in [-0.15, -0.1) is 0 Å². The molecule has 0 aliphatic heterocycles. The van der Waals surface area contributed by atoms with Crippen LogP contribution >= 0.6 is 9.12 Å². The van der Waals surface area contributed by atoms with E-state index in [1.54, 1.807) is 9.12 Å². The van der Waals surface area contributed by atoms with E-state index in [2.05, 4.69) is 0 Å². The van der Waals surface area contributed by atoms with Gasteiger partial charge in [0.2, 0.25) is 0 Å². The molecular formula is H2Fe2LiOP. The molecule has 0 atom stereocenters. The first-order chi connectivity index (χ1) is 1.00. The Hall–Kier alpha value is 1.74. The molecule has 1 nitrogen and oxygen atoms in total. The Morgan fingerprint density at radius 1 is 1.00 bits per heavy atom. The molecule has 0 aromatic heterocycles. The zero-order chi connectivity index (χ0) is 2.00. The van der Waals surface area contributed by atoms with E-state index >= 15 is 0 Å². The van der Waals surface area contributed by atoms with Gasteiger partial charge in [-0.1, -0.05) is 0 Å². The number of hydrogen-bond donors (Lipinski definition) is 0. The van der Waals surface area contributed by atoms with Gasteiger partial charge in [0.15, 0.2) is 0 Å². The maximum atomic E-state index is 8.06. The summed E-state index contributed by atoms with van der Waals surface area (Å²) < 4.78 is 8.06. The monoisotopic (exact) mass is 168 g/mol. The SMILES string of the molecule is O=P.[Fe].[Fe].[LiH]. The quantitative estimate of drug-likeness (QED) is 0.362. The fourth-order valence-electron chi connectivity index (χ4n) is 0. The van der Waals surface area contributed by atoms with Crippen molar-refractivity contribution in [2.45, 2.75) is 0 Å². The van der Waals surface area contributed by atoms with Crippen LogP contribution in [0.25, 0.3) is 0 Å². The first-order valence-corrected chi connectivity index (χ1v) is 0.612. The number of rotatable bonds is 0. The topological polar surface area (TPSA) is 17.1 Å². The van der Waals surface area contributed by atoms with E-state index in [0.29, 0.717) is 0 Å². The minimum absolute atomic E-state index is 0. The zero-order valence-corrected chi connectivity index (χ0v) is 4.82. The van der Waals surface area contributed by atoms with Crippen LogP contribution in [0.2, 0.25) is 0 Å². The van der Waals surface area contributed by atoms with E-state index in [1.807, 2.05) is 0 Å². The zero-order valence-electron chi connectivity index (χ0n) is 1.62. The van der Waals surface area contributed by atoms with Crippen LogP contribution < -0.4 is 0 Å². The van der Waals surface area contributed by atoms with E-state index < -0.39 is 0 Å². The van der Waals surface area contributed by atoms with Crippen molar-refractivity contribution in [2.24, 2.45) is 0 Å². The molecule has 0 rings (SSSR count). The molecule has 0 heterocycles. The Labute approximate surface area is 66.4 Å². The molecule has 0 aliphatic rings. The Balaban J connectivity index is -0.00000000167. The maximum absolute atomic E-state index is 8.06. The van der Waals surface area contributed by atoms with Crippen LogP contribution in [0.4, 0.5) is 0 Å². The van der Waals surface area contributed by atoms with Crippen molar-refractivity contribution in [1.29, 1.82) is 0 Å². The van der Waals surface area contributed by atoms with Crippen LogP contribution in [0.15, 0.2) is 0 Å². The van der Waals surface area contributed by atoms with E-state index in [0.717, 1.165) is 0 Å². The van der Waals surface area contributed by atoms with Gasteiger partial charge >= 0.3 is 18.9 Å². The van der Waals surface area contributed by atoms with Gasteiger partial charge in [0.25, 0.3) is 0 Å². The molecule has 30 valence electrons. The van der Waals surface area contributed by atoms with Crippen molar-refractivity contribution >= 4 is 28.0 Å². The molecule has 0 amide bonds. The van der Waals surface area contributed by atoms with Crippen molar-refractivity contribution in [1.82, 2.24) is 0 Å². The second-order valence-corrected chi connectivity index (χ2v) is 0. The first kappa shape index (κ1) is 29.6. The van der Waals surface area contributed by atoms with Gasteiger partial charge in [-0.05, 0) is 0 Å². The third-order valence-corrected chi connectivity index (χ3v) is 0. The summed E-state index contributed by atoms with van der Waals surface area (Å²) in [6.45, 7) is 0. The van der Waals surface area contributed by atoms with Gasteiger partial charge in [0, 0.05) is 34.1 Å². The summed E-state index contributed by atoms with van der Waals surface area (Å²) in [5.41, 5.74) is 0. The third kappa shape index (κ3) is 26.6. The van der Waals surface area contributed by atoms with Crippen molar-refractivity contribution in [3.8, 4) is 0 Å². The average Bonchev–Trinajstić information content (AvgIpc) is 1.00. The fraction of sp³-hybridized carbons (Fsp3) is 0. The predicted molar refractivity (Wildman–Crippen MR) is 16.2 cm³/mol. The summed E-state index contributed by atoms with van der Waals surface area (Å²) in [7, 11) is 1.72. The fourth-order valence-corrected chi connectivity index (χ4v) is 0. The molecule has 5 heavy (non-hydrogen) atoms. The molecule has 0 unspecified atom stereocenters. The summed E-state index contributed by atoms with van der Waals surface area (Å²) in [5, 5.41) is 0. The van der Waals surface area contributed by atoms with Crippen molar-refractivity contribution in [2.75, 3.05) is 0 Å². The van der Waals surface area contributed by atoms with Crippen LogP contribution in [0, 0.1) is 0 Å². The Morgan fingerprint density at radius 3 is 1.00 bits per heavy atom.